The Labute approximate surface area is 125 Å². The smallest absolute Gasteiger partial charge is 0.114 e. The van der Waals surface area contributed by atoms with Crippen LogP contribution in [-0.2, 0) is 0 Å². The van der Waals surface area contributed by atoms with Crippen LogP contribution in [0.5, 0.6) is 0 Å². The van der Waals surface area contributed by atoms with Gasteiger partial charge in [-0.3, -0.25) is 9.67 Å². The minimum atomic E-state index is 0.323. The summed E-state index contributed by atoms with van der Waals surface area (Å²) in [6.45, 7) is 4.46. The zero-order valence-electron chi connectivity index (χ0n) is 12.8. The second-order valence-electron chi connectivity index (χ2n) is 6.22. The molecule has 0 spiro atoms. The molecule has 0 atom stereocenters. The van der Waals surface area contributed by atoms with E-state index in [1.54, 1.807) is 0 Å². The Balaban J connectivity index is 1.80. The molecule has 1 fully saturated rings. The van der Waals surface area contributed by atoms with Gasteiger partial charge in [0.25, 0.3) is 0 Å². The summed E-state index contributed by atoms with van der Waals surface area (Å²) >= 11 is 0. The van der Waals surface area contributed by atoms with Gasteiger partial charge in [0.2, 0.25) is 0 Å². The summed E-state index contributed by atoms with van der Waals surface area (Å²) in [6.07, 6.45) is 8.43. The lowest BCUT2D eigenvalue weighted by Crippen LogP contribution is -2.20. The van der Waals surface area contributed by atoms with Crippen LogP contribution in [0.4, 0.5) is 0 Å². The second kappa shape index (κ2) is 5.98. The summed E-state index contributed by atoms with van der Waals surface area (Å²) in [7, 11) is 0. The maximum atomic E-state index is 9.24. The van der Waals surface area contributed by atoms with Crippen molar-refractivity contribution in [2.24, 2.45) is 5.92 Å². The third-order valence-electron chi connectivity index (χ3n) is 4.52. The summed E-state index contributed by atoms with van der Waals surface area (Å²) < 4.78 is 2.11. The Bertz CT molecular complexity index is 595. The molecule has 0 radical (unpaired) electrons. The highest BCUT2D eigenvalue weighted by atomic mass is 16.3. The third-order valence-corrected chi connectivity index (χ3v) is 4.52. The zero-order chi connectivity index (χ0) is 14.8. The van der Waals surface area contributed by atoms with E-state index in [4.69, 9.17) is 5.10 Å². The summed E-state index contributed by atoms with van der Waals surface area (Å²) in [6, 6.07) is 4.58. The molecular formula is C17H23N3O. The number of aliphatic hydroxyl groups excluding tert-OH is 1. The zero-order valence-corrected chi connectivity index (χ0v) is 12.8. The fraction of sp³-hybridized carbons (Fsp3) is 0.529. The van der Waals surface area contributed by atoms with Gasteiger partial charge < -0.3 is 5.11 Å². The van der Waals surface area contributed by atoms with Gasteiger partial charge in [-0.1, -0.05) is 6.07 Å². The monoisotopic (exact) mass is 285 g/mol. The van der Waals surface area contributed by atoms with E-state index >= 15 is 0 Å². The molecule has 2 heterocycles. The topological polar surface area (TPSA) is 50.9 Å². The Hall–Kier alpha value is -1.68. The van der Waals surface area contributed by atoms with Gasteiger partial charge in [0.05, 0.1) is 11.7 Å². The summed E-state index contributed by atoms with van der Waals surface area (Å²) in [4.78, 5) is 4.48. The molecule has 1 aliphatic rings. The normalized spacial score (nSPS) is 22.4. The largest absolute Gasteiger partial charge is 0.396 e. The Kier molecular flexibility index (Phi) is 4.06. The van der Waals surface area contributed by atoms with Gasteiger partial charge in [-0.2, -0.15) is 5.10 Å². The first-order valence-electron chi connectivity index (χ1n) is 7.77. The summed E-state index contributed by atoms with van der Waals surface area (Å²) in [5.74, 6) is 0.483. The maximum Gasteiger partial charge on any atom is 0.114 e. The van der Waals surface area contributed by atoms with E-state index in [-0.39, 0.29) is 0 Å². The van der Waals surface area contributed by atoms with Crippen LogP contribution in [0.25, 0.3) is 11.4 Å². The molecule has 0 aromatic carbocycles. The second-order valence-corrected chi connectivity index (χ2v) is 6.22. The minimum Gasteiger partial charge on any atom is -0.396 e. The molecule has 1 saturated carbocycles. The van der Waals surface area contributed by atoms with Crippen LogP contribution in [0.3, 0.4) is 0 Å². The standard InChI is InChI=1S/C17H23N3O/c1-12-3-8-16(18-9-12)17-13(2)10-20(19-17)15-6-4-14(11-21)5-7-15/h3,8-10,14-15,21H,4-7,11H2,1-2H3/t14-,15-. The first-order valence-corrected chi connectivity index (χ1v) is 7.77. The van der Waals surface area contributed by atoms with Gasteiger partial charge in [-0.05, 0) is 62.6 Å². The molecule has 112 valence electrons. The lowest BCUT2D eigenvalue weighted by molar-refractivity contribution is 0.165. The fourth-order valence-electron chi connectivity index (χ4n) is 3.12. The Morgan fingerprint density at radius 3 is 2.57 bits per heavy atom. The van der Waals surface area contributed by atoms with Gasteiger partial charge in [0.15, 0.2) is 0 Å². The molecule has 2 aromatic rings. The highest BCUT2D eigenvalue weighted by Gasteiger charge is 2.23. The van der Waals surface area contributed by atoms with Crippen molar-refractivity contribution in [3.8, 4) is 11.4 Å². The predicted molar refractivity (Wildman–Crippen MR) is 83.0 cm³/mol. The van der Waals surface area contributed by atoms with Crippen LogP contribution >= 0.6 is 0 Å². The van der Waals surface area contributed by atoms with E-state index in [0.717, 1.165) is 42.6 Å². The molecule has 0 saturated heterocycles. The predicted octanol–water partition coefficient (Wildman–Crippen LogP) is 3.29. The maximum absolute atomic E-state index is 9.24. The van der Waals surface area contributed by atoms with Crippen LogP contribution in [0.2, 0.25) is 0 Å². The molecule has 0 unspecified atom stereocenters. The van der Waals surface area contributed by atoms with Crippen LogP contribution in [0, 0.1) is 19.8 Å². The van der Waals surface area contributed by atoms with E-state index < -0.39 is 0 Å². The van der Waals surface area contributed by atoms with E-state index in [1.807, 2.05) is 19.2 Å². The van der Waals surface area contributed by atoms with E-state index in [2.05, 4.69) is 28.9 Å². The lowest BCUT2D eigenvalue weighted by atomic mass is 9.87. The van der Waals surface area contributed by atoms with Crippen molar-refractivity contribution < 1.29 is 5.11 Å². The number of rotatable bonds is 3. The van der Waals surface area contributed by atoms with Crippen LogP contribution in [-0.4, -0.2) is 26.5 Å². The third kappa shape index (κ3) is 3.00. The molecular weight excluding hydrogens is 262 g/mol. The van der Waals surface area contributed by atoms with Crippen molar-refractivity contribution in [1.29, 1.82) is 0 Å². The molecule has 1 aliphatic carbocycles. The number of aromatic nitrogens is 3. The highest BCUT2D eigenvalue weighted by Crippen LogP contribution is 2.32. The SMILES string of the molecule is Cc1ccc(-c2nn([C@H]3CC[C@H](CO)CC3)cc2C)nc1. The van der Waals surface area contributed by atoms with Crippen LogP contribution in [0.1, 0.15) is 42.9 Å². The number of nitrogens with zero attached hydrogens (tertiary/aromatic N) is 3. The van der Waals surface area contributed by atoms with Gasteiger partial charge in [-0.15, -0.1) is 0 Å². The molecule has 21 heavy (non-hydrogen) atoms. The summed E-state index contributed by atoms with van der Waals surface area (Å²) in [5, 5.41) is 14.0. The summed E-state index contributed by atoms with van der Waals surface area (Å²) in [5.41, 5.74) is 4.27. The van der Waals surface area contributed by atoms with Crippen molar-refractivity contribution in [1.82, 2.24) is 14.8 Å². The minimum absolute atomic E-state index is 0.323. The quantitative estimate of drug-likeness (QED) is 0.941. The lowest BCUT2D eigenvalue weighted by Gasteiger charge is -2.27. The first-order chi connectivity index (χ1) is 10.2. The molecule has 4 nitrogen and oxygen atoms in total. The molecule has 4 heteroatoms. The van der Waals surface area contributed by atoms with Gasteiger partial charge in [-0.25, -0.2) is 0 Å². The van der Waals surface area contributed by atoms with Crippen molar-refractivity contribution in [2.45, 2.75) is 45.6 Å². The molecule has 0 aliphatic heterocycles. The number of pyridine rings is 1. The van der Waals surface area contributed by atoms with E-state index in [0.29, 0.717) is 18.6 Å². The van der Waals surface area contributed by atoms with Crippen LogP contribution in [0.15, 0.2) is 24.5 Å². The van der Waals surface area contributed by atoms with Crippen molar-refractivity contribution >= 4 is 0 Å². The van der Waals surface area contributed by atoms with Gasteiger partial charge >= 0.3 is 0 Å². The Morgan fingerprint density at radius 2 is 1.95 bits per heavy atom. The number of aliphatic hydroxyl groups is 1. The van der Waals surface area contributed by atoms with Gasteiger partial charge in [0, 0.05) is 19.0 Å². The molecule has 0 amide bonds. The molecule has 2 aromatic heterocycles. The van der Waals surface area contributed by atoms with Crippen molar-refractivity contribution in [2.75, 3.05) is 6.61 Å². The van der Waals surface area contributed by atoms with Crippen molar-refractivity contribution in [3.63, 3.8) is 0 Å². The number of aryl methyl sites for hydroxylation is 2. The highest BCUT2D eigenvalue weighted by molar-refractivity contribution is 5.57. The molecule has 1 N–H and O–H groups in total. The first kappa shape index (κ1) is 14.3. The van der Waals surface area contributed by atoms with Crippen LogP contribution < -0.4 is 0 Å². The van der Waals surface area contributed by atoms with E-state index in [9.17, 15) is 5.11 Å². The van der Waals surface area contributed by atoms with E-state index in [1.165, 1.54) is 5.56 Å². The average Bonchev–Trinajstić information content (AvgIpc) is 2.90. The molecule has 3 rings (SSSR count). The number of hydrogen-bond acceptors (Lipinski definition) is 3. The molecule has 0 bridgehead atoms. The number of hydrogen-bond donors (Lipinski definition) is 1. The Morgan fingerprint density at radius 1 is 1.19 bits per heavy atom. The van der Waals surface area contributed by atoms with Crippen molar-refractivity contribution in [3.05, 3.63) is 35.7 Å². The van der Waals surface area contributed by atoms with Gasteiger partial charge in [0.1, 0.15) is 5.69 Å². The fourth-order valence-corrected chi connectivity index (χ4v) is 3.12. The average molecular weight is 285 g/mol.